The van der Waals surface area contributed by atoms with Crippen molar-refractivity contribution in [1.29, 1.82) is 0 Å². The third-order valence-electron chi connectivity index (χ3n) is 2.91. The van der Waals surface area contributed by atoms with Crippen molar-refractivity contribution < 1.29 is 15.1 Å². The Morgan fingerprint density at radius 3 is 1.57 bits per heavy atom. The van der Waals surface area contributed by atoms with Gasteiger partial charge in [-0.2, -0.15) is 0 Å². The van der Waals surface area contributed by atoms with Crippen molar-refractivity contribution >= 4 is 19.4 Å². The molecule has 0 aromatic carbocycles. The molecule has 2 rings (SSSR count). The van der Waals surface area contributed by atoms with Crippen LogP contribution in [0.15, 0.2) is 18.2 Å². The van der Waals surface area contributed by atoms with E-state index in [4.69, 9.17) is 19.4 Å². The molecule has 0 atom stereocenters. The topological polar surface area (TPSA) is 61.0 Å². The molecule has 0 spiro atoms. The summed E-state index contributed by atoms with van der Waals surface area (Å²) in [5, 5.41) is 13.6. The van der Waals surface area contributed by atoms with Gasteiger partial charge in [0.15, 0.2) is 0 Å². The van der Waals surface area contributed by atoms with E-state index in [0.717, 1.165) is 63.7 Å². The van der Waals surface area contributed by atoms with Crippen LogP contribution in [0.5, 0.6) is 0 Å². The second-order valence-corrected chi connectivity index (χ2v) is 9.20. The van der Waals surface area contributed by atoms with Gasteiger partial charge in [-0.05, 0) is 12.1 Å². The van der Waals surface area contributed by atoms with Gasteiger partial charge in [0, 0.05) is 52.4 Å². The number of fused-ring (bicyclic) bond motifs is 2. The molecule has 0 radical (unpaired) electrons. The molecule has 21 heavy (non-hydrogen) atoms. The number of nitrogens with one attached hydrogen (secondary N) is 4. The average molecular weight is 386 g/mol. The molecular weight excluding hydrogens is 362 g/mol. The fraction of sp³-hybridized carbons (Fsp3) is 0.615. The molecule has 4 N–H and O–H groups in total. The van der Waals surface area contributed by atoms with E-state index < -0.39 is 15.1 Å². The first-order valence-corrected chi connectivity index (χ1v) is 15.1. The van der Waals surface area contributed by atoms with Crippen molar-refractivity contribution in [2.24, 2.45) is 0 Å². The van der Waals surface area contributed by atoms with Crippen LogP contribution in [0, 0.1) is 0 Å². The Labute approximate surface area is 142 Å². The van der Waals surface area contributed by atoms with E-state index in [2.05, 4.69) is 44.5 Å². The summed E-state index contributed by atoms with van der Waals surface area (Å²) in [5.41, 5.74) is 2.23. The van der Waals surface area contributed by atoms with Crippen molar-refractivity contribution in [3.63, 3.8) is 0 Å². The van der Waals surface area contributed by atoms with Crippen molar-refractivity contribution in [2.45, 2.75) is 13.1 Å². The number of pyridine rings is 1. The Morgan fingerprint density at radius 2 is 1.14 bits per heavy atom. The van der Waals surface area contributed by atoms with Gasteiger partial charge < -0.3 is 21.3 Å². The molecule has 1 aromatic heterocycles. The number of nitrogens with zero attached hydrogens (tertiary/aromatic N) is 1. The predicted octanol–water partition coefficient (Wildman–Crippen LogP) is 0.830. The summed E-state index contributed by atoms with van der Waals surface area (Å²) in [5.74, 6) is 0. The van der Waals surface area contributed by atoms with Gasteiger partial charge in [-0.1, -0.05) is 6.07 Å². The zero-order valence-corrected chi connectivity index (χ0v) is 16.8. The normalized spacial score (nSPS) is 17.4. The van der Waals surface area contributed by atoms with Crippen LogP contribution >= 0.6 is 19.4 Å². The molecule has 0 saturated heterocycles. The molecule has 1 aliphatic heterocycles. The van der Waals surface area contributed by atoms with Crippen molar-refractivity contribution in [2.75, 3.05) is 39.3 Å². The number of hydrogen-bond donors (Lipinski definition) is 4. The molecular formula is C13H23Cl2N5Zn. The van der Waals surface area contributed by atoms with Crippen LogP contribution in [0.3, 0.4) is 0 Å². The maximum Gasteiger partial charge on any atom is 0.0545 e. The van der Waals surface area contributed by atoms with Crippen molar-refractivity contribution in [3.8, 4) is 0 Å². The summed E-state index contributed by atoms with van der Waals surface area (Å²) in [6.07, 6.45) is 0. The number of hydrogen-bond acceptors (Lipinski definition) is 5. The van der Waals surface area contributed by atoms with Crippen LogP contribution in [0.25, 0.3) is 0 Å². The van der Waals surface area contributed by atoms with E-state index >= 15 is 0 Å². The number of halogens is 2. The largest absolute Gasteiger partial charge is 0.314 e. The summed E-state index contributed by atoms with van der Waals surface area (Å²) in [4.78, 5) is 4.62. The first kappa shape index (κ1) is 19.2. The Hall–Kier alpha value is 0.193. The Kier molecular flexibility index (Phi) is 12.7. The molecule has 8 heteroatoms. The third kappa shape index (κ3) is 10.5. The summed E-state index contributed by atoms with van der Waals surface area (Å²) in [6, 6.07) is 6.22. The zero-order chi connectivity index (χ0) is 15.2. The Bertz CT molecular complexity index is 341. The van der Waals surface area contributed by atoms with E-state index in [1.54, 1.807) is 0 Å². The number of rotatable bonds is 0. The summed E-state index contributed by atoms with van der Waals surface area (Å²) >= 11 is -0.931. The summed E-state index contributed by atoms with van der Waals surface area (Å²) < 4.78 is 0. The third-order valence-corrected chi connectivity index (χ3v) is 2.91. The molecule has 5 nitrogen and oxygen atoms in total. The zero-order valence-electron chi connectivity index (χ0n) is 12.3. The van der Waals surface area contributed by atoms with Gasteiger partial charge in [0.2, 0.25) is 0 Å². The van der Waals surface area contributed by atoms with Gasteiger partial charge in [-0.15, -0.1) is 0 Å². The minimum atomic E-state index is -0.931. The molecule has 0 amide bonds. The predicted molar refractivity (Wildman–Crippen MR) is 85.1 cm³/mol. The fourth-order valence-corrected chi connectivity index (χ4v) is 1.94. The van der Waals surface area contributed by atoms with Gasteiger partial charge in [0.05, 0.1) is 11.4 Å². The smallest absolute Gasteiger partial charge is 0.0545 e. The molecule has 1 aliphatic rings. The van der Waals surface area contributed by atoms with Gasteiger partial charge in [0.25, 0.3) is 0 Å². The van der Waals surface area contributed by atoms with Crippen molar-refractivity contribution in [1.82, 2.24) is 26.3 Å². The molecule has 0 aliphatic carbocycles. The van der Waals surface area contributed by atoms with Crippen LogP contribution in [-0.2, 0) is 28.2 Å². The first-order valence-electron chi connectivity index (χ1n) is 7.26. The second kappa shape index (κ2) is 13.8. The van der Waals surface area contributed by atoms with Crippen LogP contribution in [-0.4, -0.2) is 44.3 Å². The Morgan fingerprint density at radius 1 is 0.762 bits per heavy atom. The van der Waals surface area contributed by atoms with Crippen LogP contribution < -0.4 is 21.3 Å². The van der Waals surface area contributed by atoms with Gasteiger partial charge in [-0.3, -0.25) is 4.98 Å². The maximum atomic E-state index is 4.95. The van der Waals surface area contributed by atoms with E-state index in [1.165, 1.54) is 0 Å². The summed E-state index contributed by atoms with van der Waals surface area (Å²) in [7, 11) is 9.90. The van der Waals surface area contributed by atoms with Crippen LogP contribution in [0.1, 0.15) is 11.4 Å². The van der Waals surface area contributed by atoms with Gasteiger partial charge in [0.1, 0.15) is 0 Å². The van der Waals surface area contributed by atoms with Gasteiger partial charge in [-0.25, -0.2) is 0 Å². The minimum absolute atomic E-state index is 0.841. The molecule has 116 valence electrons. The second-order valence-electron chi connectivity index (χ2n) is 4.57. The molecule has 1 aromatic rings. The fourth-order valence-electron chi connectivity index (χ4n) is 1.94. The van der Waals surface area contributed by atoms with Crippen molar-refractivity contribution in [3.05, 3.63) is 29.6 Å². The minimum Gasteiger partial charge on any atom is -0.314 e. The molecule has 2 heterocycles. The Balaban J connectivity index is 0.000000677. The van der Waals surface area contributed by atoms with Gasteiger partial charge >= 0.3 is 34.5 Å². The maximum absolute atomic E-state index is 4.95. The summed E-state index contributed by atoms with van der Waals surface area (Å²) in [6.45, 7) is 7.68. The quantitative estimate of drug-likeness (QED) is 0.499. The average Bonchev–Trinajstić information content (AvgIpc) is 2.49. The molecule has 0 saturated carbocycles. The van der Waals surface area contributed by atoms with E-state index in [0.29, 0.717) is 0 Å². The van der Waals surface area contributed by atoms with E-state index in [1.807, 2.05) is 0 Å². The SMILES string of the molecule is [Cl][Zn][Cl].c1cc2nc(c1)CNCCNCCNCCNC2. The van der Waals surface area contributed by atoms with E-state index in [-0.39, 0.29) is 0 Å². The molecule has 2 bridgehead atoms. The van der Waals surface area contributed by atoms with Crippen LogP contribution in [0.2, 0.25) is 0 Å². The monoisotopic (exact) mass is 383 g/mol. The molecule has 0 fully saturated rings. The standard InChI is InChI=1S/C13H23N5.2ClH.Zn/c1-2-12-10-16-8-6-14-4-5-15-7-9-17-11-13(3-1)18-12;;;/h1-3,14-17H,4-11H2;2*1H;/q;;;+2/p-2. The first-order chi connectivity index (χ1) is 10.4. The van der Waals surface area contributed by atoms with Crippen LogP contribution in [0.4, 0.5) is 0 Å². The molecule has 0 unspecified atom stereocenters. The van der Waals surface area contributed by atoms with E-state index in [9.17, 15) is 0 Å². The number of aromatic nitrogens is 1.